The zero-order valence-electron chi connectivity index (χ0n) is 15.9. The number of hydrogen-bond donors (Lipinski definition) is 2. The predicted octanol–water partition coefficient (Wildman–Crippen LogP) is 2.01. The second kappa shape index (κ2) is 9.24. The number of ether oxygens (including phenoxy) is 1. The third kappa shape index (κ3) is 5.35. The van der Waals surface area contributed by atoms with E-state index < -0.39 is 10.8 Å². The molecule has 0 unspecified atom stereocenters. The molecule has 0 aromatic heterocycles. The Morgan fingerprint density at radius 1 is 1.27 bits per heavy atom. The van der Waals surface area contributed by atoms with Gasteiger partial charge in [0.05, 0.1) is 22.4 Å². The van der Waals surface area contributed by atoms with Crippen LogP contribution in [0.2, 0.25) is 0 Å². The first-order valence-corrected chi connectivity index (χ1v) is 8.78. The maximum Gasteiger partial charge on any atom is 0.277 e. The second-order valence-electron chi connectivity index (χ2n) is 6.20. The molecule has 0 radical (unpaired) electrons. The molecule has 10 heteroatoms. The van der Waals surface area contributed by atoms with Gasteiger partial charge in [0.25, 0.3) is 17.5 Å². The second-order valence-corrected chi connectivity index (χ2v) is 6.20. The van der Waals surface area contributed by atoms with Crippen LogP contribution < -0.4 is 15.6 Å². The summed E-state index contributed by atoms with van der Waals surface area (Å²) in [6.45, 7) is 1.47. The Morgan fingerprint density at radius 2 is 2.03 bits per heavy atom. The lowest BCUT2D eigenvalue weighted by molar-refractivity contribution is -0.384. The number of amides is 2. The number of benzene rings is 2. The van der Waals surface area contributed by atoms with Gasteiger partial charge in [0.15, 0.2) is 6.61 Å². The molecule has 1 aliphatic rings. The fourth-order valence-electron chi connectivity index (χ4n) is 2.49. The van der Waals surface area contributed by atoms with Crippen LogP contribution in [0.15, 0.2) is 64.3 Å². The molecule has 0 saturated heterocycles. The van der Waals surface area contributed by atoms with E-state index in [1.807, 2.05) is 0 Å². The van der Waals surface area contributed by atoms with E-state index in [-0.39, 0.29) is 18.2 Å². The van der Waals surface area contributed by atoms with Gasteiger partial charge in [0.2, 0.25) is 0 Å². The van der Waals surface area contributed by atoms with Gasteiger partial charge in [-0.2, -0.15) is 10.2 Å². The molecule has 0 saturated carbocycles. The summed E-state index contributed by atoms with van der Waals surface area (Å²) >= 11 is 0. The van der Waals surface area contributed by atoms with E-state index in [4.69, 9.17) is 4.74 Å². The fourth-order valence-corrected chi connectivity index (χ4v) is 2.49. The summed E-state index contributed by atoms with van der Waals surface area (Å²) in [6, 6.07) is 12.7. The third-order valence-electron chi connectivity index (χ3n) is 4.00. The first-order chi connectivity index (χ1) is 14.4. The van der Waals surface area contributed by atoms with Crippen LogP contribution in [0, 0.1) is 10.1 Å². The highest BCUT2D eigenvalue weighted by atomic mass is 16.6. The molecule has 2 amide bonds. The van der Waals surface area contributed by atoms with E-state index >= 15 is 0 Å². The summed E-state index contributed by atoms with van der Waals surface area (Å²) in [7, 11) is 0. The average Bonchev–Trinajstić information content (AvgIpc) is 3.05. The van der Waals surface area contributed by atoms with Crippen molar-refractivity contribution in [3.8, 4) is 5.75 Å². The Hall–Kier alpha value is -4.34. The molecule has 3 rings (SSSR count). The van der Waals surface area contributed by atoms with Gasteiger partial charge in [-0.25, -0.2) is 10.9 Å². The average molecular weight is 407 g/mol. The largest absolute Gasteiger partial charge is 0.484 e. The molecular weight excluding hydrogens is 390 g/mol. The third-order valence-corrected chi connectivity index (χ3v) is 4.00. The van der Waals surface area contributed by atoms with Gasteiger partial charge >= 0.3 is 0 Å². The number of nitrogens with zero attached hydrogens (tertiary/aromatic N) is 3. The zero-order chi connectivity index (χ0) is 21.5. The molecule has 152 valence electrons. The molecule has 10 nitrogen and oxygen atoms in total. The number of nitrogens with one attached hydrogen (secondary N) is 2. The Kier molecular flexibility index (Phi) is 6.28. The van der Waals surface area contributed by atoms with Crippen LogP contribution in [0.25, 0.3) is 6.08 Å². The molecule has 0 fully saturated rings. The van der Waals surface area contributed by atoms with Crippen LogP contribution in [0.4, 0.5) is 5.69 Å². The Labute approximate surface area is 171 Å². The molecule has 0 spiro atoms. The lowest BCUT2D eigenvalue weighted by Crippen LogP contribution is -2.24. The highest BCUT2D eigenvalue weighted by Crippen LogP contribution is 2.16. The quantitative estimate of drug-likeness (QED) is 0.313. The molecule has 2 aromatic rings. The van der Waals surface area contributed by atoms with Crippen molar-refractivity contribution in [1.29, 1.82) is 0 Å². The molecule has 2 N–H and O–H groups in total. The molecule has 1 heterocycles. The van der Waals surface area contributed by atoms with E-state index in [0.717, 1.165) is 5.56 Å². The van der Waals surface area contributed by atoms with E-state index in [9.17, 15) is 19.7 Å². The van der Waals surface area contributed by atoms with E-state index in [1.165, 1.54) is 24.4 Å². The van der Waals surface area contributed by atoms with Gasteiger partial charge < -0.3 is 4.74 Å². The van der Waals surface area contributed by atoms with Crippen LogP contribution in [-0.4, -0.2) is 35.3 Å². The lowest BCUT2D eigenvalue weighted by Gasteiger charge is -2.05. The van der Waals surface area contributed by atoms with Gasteiger partial charge in [-0.15, -0.1) is 0 Å². The highest BCUT2D eigenvalue weighted by molar-refractivity contribution is 6.26. The number of non-ortho nitro benzene ring substituents is 1. The maximum atomic E-state index is 11.8. The van der Waals surface area contributed by atoms with Crippen LogP contribution in [0.1, 0.15) is 18.1 Å². The number of rotatable bonds is 7. The minimum Gasteiger partial charge on any atom is -0.484 e. The molecule has 30 heavy (non-hydrogen) atoms. The van der Waals surface area contributed by atoms with Crippen LogP contribution in [-0.2, 0) is 9.59 Å². The number of carbonyl (C=O) groups excluding carboxylic acids is 2. The maximum absolute atomic E-state index is 11.8. The summed E-state index contributed by atoms with van der Waals surface area (Å²) in [4.78, 5) is 33.7. The Balaban J connectivity index is 1.49. The van der Waals surface area contributed by atoms with Gasteiger partial charge in [0.1, 0.15) is 5.75 Å². The molecule has 1 aliphatic heterocycles. The van der Waals surface area contributed by atoms with Crippen LogP contribution in [0.3, 0.4) is 0 Å². The van der Waals surface area contributed by atoms with Crippen LogP contribution >= 0.6 is 0 Å². The van der Waals surface area contributed by atoms with Gasteiger partial charge in [-0.05, 0) is 30.7 Å². The summed E-state index contributed by atoms with van der Waals surface area (Å²) in [5.74, 6) is -0.274. The minimum absolute atomic E-state index is 0.0660. The Morgan fingerprint density at radius 3 is 2.70 bits per heavy atom. The van der Waals surface area contributed by atoms with Crippen molar-refractivity contribution in [3.05, 3.63) is 75.3 Å². The predicted molar refractivity (Wildman–Crippen MR) is 110 cm³/mol. The smallest absolute Gasteiger partial charge is 0.277 e. The summed E-state index contributed by atoms with van der Waals surface area (Å²) < 4.78 is 5.39. The lowest BCUT2D eigenvalue weighted by atomic mass is 10.1. The zero-order valence-corrected chi connectivity index (χ0v) is 15.9. The molecular formula is C20H17N5O5. The van der Waals surface area contributed by atoms with Crippen molar-refractivity contribution in [2.45, 2.75) is 6.92 Å². The number of nitro benzene ring substituents is 1. The van der Waals surface area contributed by atoms with E-state index in [0.29, 0.717) is 22.6 Å². The van der Waals surface area contributed by atoms with Gasteiger partial charge in [-0.3, -0.25) is 19.7 Å². The number of hydrazone groups is 2. The van der Waals surface area contributed by atoms with Crippen molar-refractivity contribution < 1.29 is 19.2 Å². The first-order valence-electron chi connectivity index (χ1n) is 8.78. The molecule has 0 atom stereocenters. The van der Waals surface area contributed by atoms with E-state index in [1.54, 1.807) is 43.3 Å². The molecule has 0 aliphatic carbocycles. The topological polar surface area (TPSA) is 135 Å². The highest BCUT2D eigenvalue weighted by Gasteiger charge is 2.18. The van der Waals surface area contributed by atoms with Crippen molar-refractivity contribution in [1.82, 2.24) is 10.9 Å². The number of carbonyl (C=O) groups is 2. The van der Waals surface area contributed by atoms with Crippen LogP contribution in [0.5, 0.6) is 5.75 Å². The summed E-state index contributed by atoms with van der Waals surface area (Å²) in [5.41, 5.74) is 6.98. The number of nitro groups is 1. The van der Waals surface area contributed by atoms with Crippen molar-refractivity contribution in [3.63, 3.8) is 0 Å². The SMILES string of the molecule is CC1=NNC(=O)/C1=C\c1ccc(OCC(=O)N/N=C\c2cccc([N+](=O)[O-])c2)cc1. The first kappa shape index (κ1) is 20.4. The fraction of sp³-hybridized carbons (Fsp3) is 0.100. The standard InChI is InChI=1S/C20H17N5O5/c1-13-18(20(27)24-22-13)10-14-5-7-17(8-6-14)30-12-19(26)23-21-11-15-3-2-4-16(9-15)25(28)29/h2-11H,12H2,1H3,(H,23,26)(H,24,27)/b18-10-,21-11-. The Bertz CT molecular complexity index is 1070. The van der Waals surface area contributed by atoms with Crippen molar-refractivity contribution in [2.75, 3.05) is 6.61 Å². The molecule has 0 bridgehead atoms. The normalized spacial score (nSPS) is 14.5. The summed E-state index contributed by atoms with van der Waals surface area (Å²) in [6.07, 6.45) is 3.01. The van der Waals surface area contributed by atoms with Gasteiger partial charge in [-0.1, -0.05) is 24.3 Å². The van der Waals surface area contributed by atoms with E-state index in [2.05, 4.69) is 21.1 Å². The van der Waals surface area contributed by atoms with Crippen molar-refractivity contribution in [2.24, 2.45) is 10.2 Å². The number of hydrogen-bond acceptors (Lipinski definition) is 7. The van der Waals surface area contributed by atoms with Crippen molar-refractivity contribution >= 4 is 35.5 Å². The molecule has 2 aromatic carbocycles. The van der Waals surface area contributed by atoms with Gasteiger partial charge in [0, 0.05) is 17.7 Å². The monoisotopic (exact) mass is 407 g/mol. The minimum atomic E-state index is -0.511. The summed E-state index contributed by atoms with van der Waals surface area (Å²) in [5, 5.41) is 18.4.